The van der Waals surface area contributed by atoms with Crippen LogP contribution < -0.4 is 20.7 Å². The number of carbonyl (C=O) groups excluding carboxylic acids is 3. The van der Waals surface area contributed by atoms with Gasteiger partial charge in [0.25, 0.3) is 18.2 Å². The molecule has 42 heavy (non-hydrogen) atoms. The first-order valence-corrected chi connectivity index (χ1v) is 13.4. The van der Waals surface area contributed by atoms with E-state index in [1.54, 1.807) is 0 Å². The summed E-state index contributed by atoms with van der Waals surface area (Å²) in [4.78, 5) is 41.9. The molecule has 0 atom stereocenters. The van der Waals surface area contributed by atoms with Gasteiger partial charge in [0.05, 0.1) is 33.4 Å². The van der Waals surface area contributed by atoms with Crippen LogP contribution in [-0.2, 0) is 11.3 Å². The predicted molar refractivity (Wildman–Crippen MR) is 146 cm³/mol. The van der Waals surface area contributed by atoms with Crippen molar-refractivity contribution in [1.82, 2.24) is 15.6 Å². The fraction of sp³-hybridized carbons (Fsp3) is 0.407. The smallest absolute Gasteiger partial charge is 0.391 e. The minimum absolute atomic E-state index is 0.0234. The summed E-state index contributed by atoms with van der Waals surface area (Å²) in [7, 11) is 0. The Morgan fingerprint density at radius 3 is 2.38 bits per heavy atom. The molecule has 0 radical (unpaired) electrons. The normalized spacial score (nSPS) is 17.0. The van der Waals surface area contributed by atoms with Crippen molar-refractivity contribution >= 4 is 46.6 Å². The highest BCUT2D eigenvalue weighted by atomic mass is 35.5. The first-order chi connectivity index (χ1) is 19.7. The summed E-state index contributed by atoms with van der Waals surface area (Å²) in [6, 6.07) is 3.45. The number of nitrogens with zero attached hydrogens (tertiary/aromatic N) is 1. The molecule has 1 aliphatic carbocycles. The topological polar surface area (TPSA) is 109 Å². The van der Waals surface area contributed by atoms with Crippen molar-refractivity contribution in [2.75, 3.05) is 11.9 Å². The largest absolute Gasteiger partial charge is 0.471 e. The van der Waals surface area contributed by atoms with Gasteiger partial charge < -0.3 is 20.7 Å². The van der Waals surface area contributed by atoms with Crippen molar-refractivity contribution in [1.29, 1.82) is 0 Å². The average Bonchev–Trinajstić information content (AvgIpc) is 2.91. The van der Waals surface area contributed by atoms with Crippen LogP contribution in [0.25, 0.3) is 0 Å². The summed E-state index contributed by atoms with van der Waals surface area (Å²) >= 11 is 12.6. The Morgan fingerprint density at radius 2 is 1.79 bits per heavy atom. The lowest BCUT2D eigenvalue weighted by molar-refractivity contribution is -0.182. The van der Waals surface area contributed by atoms with E-state index in [1.165, 1.54) is 19.1 Å². The van der Waals surface area contributed by atoms with E-state index in [2.05, 4.69) is 27.5 Å². The number of nitrogens with one attached hydrogen (secondary N) is 3. The van der Waals surface area contributed by atoms with Crippen LogP contribution in [0.1, 0.15) is 58.9 Å². The minimum Gasteiger partial charge on any atom is -0.471 e. The molecule has 1 aromatic heterocycles. The van der Waals surface area contributed by atoms with E-state index < -0.39 is 54.8 Å². The van der Waals surface area contributed by atoms with E-state index in [9.17, 15) is 36.3 Å². The van der Waals surface area contributed by atoms with Crippen LogP contribution >= 0.6 is 23.2 Å². The zero-order chi connectivity index (χ0) is 31.2. The van der Waals surface area contributed by atoms with Crippen molar-refractivity contribution in [3.8, 4) is 5.88 Å². The van der Waals surface area contributed by atoms with Crippen LogP contribution in [0.3, 0.4) is 0 Å². The Labute approximate surface area is 248 Å². The molecule has 0 unspecified atom stereocenters. The first kappa shape index (κ1) is 33.1. The van der Waals surface area contributed by atoms with E-state index in [-0.39, 0.29) is 64.7 Å². The van der Waals surface area contributed by atoms with Gasteiger partial charge in [-0.15, -0.1) is 0 Å². The molecule has 1 saturated carbocycles. The van der Waals surface area contributed by atoms with E-state index in [1.807, 2.05) is 0 Å². The second-order valence-electron chi connectivity index (χ2n) is 9.66. The summed E-state index contributed by atoms with van der Waals surface area (Å²) in [6.45, 7) is 3.94. The zero-order valence-corrected chi connectivity index (χ0v) is 23.7. The lowest BCUT2D eigenvalue weighted by Gasteiger charge is -2.30. The molecule has 0 aliphatic heterocycles. The molecule has 1 fully saturated rings. The maximum atomic E-state index is 13.1. The monoisotopic (exact) mass is 636 g/mol. The predicted octanol–water partition coefficient (Wildman–Crippen LogP) is 6.33. The lowest BCUT2D eigenvalue weighted by Crippen LogP contribution is -2.40. The van der Waals surface area contributed by atoms with Gasteiger partial charge >= 0.3 is 6.18 Å². The second kappa shape index (κ2) is 14.1. The van der Waals surface area contributed by atoms with Gasteiger partial charge in [0.1, 0.15) is 5.56 Å². The van der Waals surface area contributed by atoms with Crippen molar-refractivity contribution in [3.63, 3.8) is 0 Å². The molecule has 3 amide bonds. The number of pyridine rings is 1. The molecule has 0 spiro atoms. The van der Waals surface area contributed by atoms with Gasteiger partial charge in [-0.25, -0.2) is 13.8 Å². The first-order valence-electron chi connectivity index (χ1n) is 12.7. The molecule has 3 rings (SSSR count). The Morgan fingerprint density at radius 1 is 1.12 bits per heavy atom. The fourth-order valence-corrected chi connectivity index (χ4v) is 4.84. The van der Waals surface area contributed by atoms with Gasteiger partial charge in [-0.2, -0.15) is 13.2 Å². The van der Waals surface area contributed by atoms with Gasteiger partial charge in [0, 0.05) is 18.2 Å². The molecule has 2 aromatic rings. The molecule has 3 N–H and O–H groups in total. The Kier molecular flexibility index (Phi) is 11.1. The Hall–Kier alpha value is -3.45. The van der Waals surface area contributed by atoms with Crippen molar-refractivity contribution in [2.45, 2.75) is 57.8 Å². The maximum Gasteiger partial charge on any atom is 0.391 e. The van der Waals surface area contributed by atoms with Crippen molar-refractivity contribution in [2.24, 2.45) is 5.92 Å². The number of alkyl halides is 5. The van der Waals surface area contributed by atoms with E-state index >= 15 is 0 Å². The van der Waals surface area contributed by atoms with Gasteiger partial charge in [-0.3, -0.25) is 14.4 Å². The second-order valence-corrected chi connectivity index (χ2v) is 10.4. The molecule has 15 heteroatoms. The number of carbonyl (C=O) groups is 3. The molecular weight excluding hydrogens is 610 g/mol. The molecule has 228 valence electrons. The average molecular weight is 637 g/mol. The van der Waals surface area contributed by atoms with Gasteiger partial charge in [0.2, 0.25) is 11.8 Å². The van der Waals surface area contributed by atoms with Crippen LogP contribution in [0.2, 0.25) is 10.0 Å². The Balaban J connectivity index is 1.81. The number of halogens is 7. The molecule has 1 heterocycles. The van der Waals surface area contributed by atoms with Crippen molar-refractivity contribution in [3.05, 3.63) is 63.3 Å². The number of aromatic nitrogens is 1. The van der Waals surface area contributed by atoms with E-state index in [0.29, 0.717) is 5.56 Å². The quantitative estimate of drug-likeness (QED) is 0.209. The zero-order valence-electron chi connectivity index (χ0n) is 22.2. The molecule has 0 saturated heterocycles. The fourth-order valence-electron chi connectivity index (χ4n) is 4.23. The number of anilines is 1. The summed E-state index contributed by atoms with van der Waals surface area (Å²) < 4.78 is 69.5. The summed E-state index contributed by atoms with van der Waals surface area (Å²) in [5.41, 5.74) is 0.115. The van der Waals surface area contributed by atoms with Gasteiger partial charge in [-0.05, 0) is 50.3 Å². The number of hydrogen-bond donors (Lipinski definition) is 3. The number of benzene rings is 1. The number of hydrogen-bond acceptors (Lipinski definition) is 5. The third-order valence-electron chi connectivity index (χ3n) is 6.45. The van der Waals surface area contributed by atoms with Gasteiger partial charge in [-0.1, -0.05) is 35.8 Å². The molecule has 1 aromatic carbocycles. The highest BCUT2D eigenvalue weighted by molar-refractivity contribution is 6.40. The summed E-state index contributed by atoms with van der Waals surface area (Å²) in [5, 5.41) is 7.59. The number of amides is 3. The van der Waals surface area contributed by atoms with Gasteiger partial charge in [0.15, 0.2) is 6.61 Å². The SMILES string of the molecule is C=C(C)C(=O)NCc1ccc(Cl)c(C(=O)Nc2cnc(OCC(F)F)c(C(=O)N[C@H]3CC[C@H](C(F)(F)F)CC3)c2)c1Cl. The highest BCUT2D eigenvalue weighted by Crippen LogP contribution is 2.37. The number of rotatable bonds is 10. The standard InChI is InChI=1S/C27H27Cl2F5N4O4/c1-13(2)23(39)35-10-14-3-8-19(28)21(22(14)29)25(41)38-17-9-18(26(36-11-17)42-12-20(30)31)24(40)37-16-6-4-15(5-7-16)27(32,33)34/h3,8-9,11,15-16,20H,1,4-7,10,12H2,2H3,(H,35,39)(H,37,40)(H,38,41)/t15-,16-. The van der Waals surface area contributed by atoms with Crippen LogP contribution in [-0.4, -0.2) is 48.0 Å². The molecule has 8 nitrogen and oxygen atoms in total. The summed E-state index contributed by atoms with van der Waals surface area (Å²) in [5.74, 6) is -3.98. The van der Waals surface area contributed by atoms with Crippen LogP contribution in [0.4, 0.5) is 27.6 Å². The number of ether oxygens (including phenoxy) is 1. The third kappa shape index (κ3) is 8.78. The van der Waals surface area contributed by atoms with Crippen LogP contribution in [0, 0.1) is 5.92 Å². The third-order valence-corrected chi connectivity index (χ3v) is 7.20. The highest BCUT2D eigenvalue weighted by Gasteiger charge is 2.41. The minimum atomic E-state index is -4.33. The lowest BCUT2D eigenvalue weighted by atomic mass is 9.85. The molecular formula is C27H27Cl2F5N4O4. The molecule has 1 aliphatic rings. The van der Waals surface area contributed by atoms with Crippen LogP contribution in [0.5, 0.6) is 5.88 Å². The van der Waals surface area contributed by atoms with E-state index in [0.717, 1.165) is 12.3 Å². The maximum absolute atomic E-state index is 13.1. The van der Waals surface area contributed by atoms with E-state index in [4.69, 9.17) is 27.9 Å². The molecule has 0 bridgehead atoms. The van der Waals surface area contributed by atoms with Crippen LogP contribution in [0.15, 0.2) is 36.5 Å². The Bertz CT molecular complexity index is 1350. The van der Waals surface area contributed by atoms with Crippen molar-refractivity contribution < 1.29 is 41.1 Å². The summed E-state index contributed by atoms with van der Waals surface area (Å²) in [6.07, 6.45) is -6.37.